The van der Waals surface area contributed by atoms with Gasteiger partial charge in [0, 0.05) is 18.7 Å². The molecule has 0 fully saturated rings. The van der Waals surface area contributed by atoms with E-state index in [-0.39, 0.29) is 5.69 Å². The third kappa shape index (κ3) is 3.79. The summed E-state index contributed by atoms with van der Waals surface area (Å²) in [5, 5.41) is 33.0. The van der Waals surface area contributed by atoms with E-state index in [2.05, 4.69) is 10.6 Å². The lowest BCUT2D eigenvalue weighted by Gasteiger charge is -2.09. The molecule has 21 heavy (non-hydrogen) atoms. The first-order chi connectivity index (χ1) is 9.95. The molecular weight excluding hydrogens is 272 g/mol. The molecule has 0 bridgehead atoms. The van der Waals surface area contributed by atoms with Crippen molar-refractivity contribution >= 4 is 11.7 Å². The van der Waals surface area contributed by atoms with Crippen LogP contribution in [0.2, 0.25) is 0 Å². The summed E-state index contributed by atoms with van der Waals surface area (Å²) in [6.45, 7) is 2.31. The Bertz CT molecular complexity index is 647. The van der Waals surface area contributed by atoms with Gasteiger partial charge in [-0.3, -0.25) is 0 Å². The molecular formula is C15H16N2O4. The number of urea groups is 1. The van der Waals surface area contributed by atoms with Gasteiger partial charge in [0.15, 0.2) is 17.2 Å². The maximum Gasteiger partial charge on any atom is 0.319 e. The number of hydrogen-bond acceptors (Lipinski definition) is 4. The van der Waals surface area contributed by atoms with Crippen molar-refractivity contribution in [3.05, 3.63) is 47.5 Å². The van der Waals surface area contributed by atoms with Gasteiger partial charge in [-0.25, -0.2) is 4.79 Å². The Morgan fingerprint density at radius 2 is 1.76 bits per heavy atom. The highest BCUT2D eigenvalue weighted by molar-refractivity contribution is 5.90. The van der Waals surface area contributed by atoms with E-state index in [9.17, 15) is 20.1 Å². The van der Waals surface area contributed by atoms with Gasteiger partial charge in [-0.05, 0) is 12.5 Å². The summed E-state index contributed by atoms with van der Waals surface area (Å²) in [7, 11) is 0. The van der Waals surface area contributed by atoms with Crippen LogP contribution >= 0.6 is 0 Å². The van der Waals surface area contributed by atoms with Crippen molar-refractivity contribution in [1.29, 1.82) is 0 Å². The normalized spacial score (nSPS) is 10.1. The summed E-state index contributed by atoms with van der Waals surface area (Å²) in [5.41, 5.74) is 2.23. The molecule has 0 unspecified atom stereocenters. The molecule has 0 aliphatic carbocycles. The Balaban J connectivity index is 1.96. The molecule has 2 aromatic rings. The van der Waals surface area contributed by atoms with Crippen LogP contribution in [0.15, 0.2) is 36.4 Å². The Morgan fingerprint density at radius 1 is 1.10 bits per heavy atom. The van der Waals surface area contributed by atoms with Gasteiger partial charge in [-0.1, -0.05) is 29.8 Å². The van der Waals surface area contributed by atoms with Crippen LogP contribution in [0, 0.1) is 6.92 Å². The summed E-state index contributed by atoms with van der Waals surface area (Å²) >= 11 is 0. The van der Waals surface area contributed by atoms with Gasteiger partial charge in [-0.15, -0.1) is 0 Å². The molecule has 2 rings (SSSR count). The molecule has 0 spiro atoms. The van der Waals surface area contributed by atoms with Crippen LogP contribution in [0.4, 0.5) is 10.5 Å². The second-order valence-corrected chi connectivity index (χ2v) is 4.66. The van der Waals surface area contributed by atoms with E-state index in [0.29, 0.717) is 6.54 Å². The highest BCUT2D eigenvalue weighted by atomic mass is 16.3. The van der Waals surface area contributed by atoms with E-state index in [1.54, 1.807) is 0 Å². The number of aromatic hydroxyl groups is 3. The molecule has 0 aliphatic heterocycles. The van der Waals surface area contributed by atoms with Crippen molar-refractivity contribution in [2.24, 2.45) is 0 Å². The van der Waals surface area contributed by atoms with Crippen molar-refractivity contribution in [1.82, 2.24) is 5.32 Å². The number of carbonyl (C=O) groups excluding carboxylic acids is 1. The summed E-state index contributed by atoms with van der Waals surface area (Å²) in [5.74, 6) is -1.64. The maximum absolute atomic E-state index is 11.7. The Hall–Kier alpha value is -2.89. The zero-order valence-electron chi connectivity index (χ0n) is 11.4. The van der Waals surface area contributed by atoms with Crippen LogP contribution in [0.3, 0.4) is 0 Å². The molecule has 0 radical (unpaired) electrons. The van der Waals surface area contributed by atoms with Gasteiger partial charge in [0.1, 0.15) is 0 Å². The number of amides is 2. The Labute approximate surface area is 121 Å². The number of phenols is 3. The number of rotatable bonds is 3. The smallest absolute Gasteiger partial charge is 0.319 e. The number of phenolic OH excluding ortho intramolecular Hbond substituents is 3. The number of hydrogen-bond donors (Lipinski definition) is 5. The minimum atomic E-state index is -0.624. The van der Waals surface area contributed by atoms with Crippen LogP contribution in [-0.2, 0) is 6.54 Å². The molecule has 5 N–H and O–H groups in total. The Kier molecular flexibility index (Phi) is 4.18. The van der Waals surface area contributed by atoms with Crippen molar-refractivity contribution < 1.29 is 20.1 Å². The van der Waals surface area contributed by atoms with Gasteiger partial charge in [0.25, 0.3) is 0 Å². The topological polar surface area (TPSA) is 102 Å². The first-order valence-electron chi connectivity index (χ1n) is 6.31. The standard InChI is InChI=1S/C15H16N2O4/c1-9-3-2-4-10(5-9)8-16-15(21)17-11-6-12(18)14(20)13(19)7-11/h2-7,18-20H,8H2,1H3,(H2,16,17,21). The second-order valence-electron chi connectivity index (χ2n) is 4.66. The molecule has 6 nitrogen and oxygen atoms in total. The summed E-state index contributed by atoms with van der Waals surface area (Å²) in [6.07, 6.45) is 0. The summed E-state index contributed by atoms with van der Waals surface area (Å²) in [6, 6.07) is 9.51. The van der Waals surface area contributed by atoms with Gasteiger partial charge in [-0.2, -0.15) is 0 Å². The fraction of sp³-hybridized carbons (Fsp3) is 0.133. The molecule has 0 saturated heterocycles. The minimum absolute atomic E-state index is 0.171. The number of nitrogens with one attached hydrogen (secondary N) is 2. The zero-order chi connectivity index (χ0) is 15.4. The highest BCUT2D eigenvalue weighted by Gasteiger charge is 2.10. The van der Waals surface area contributed by atoms with Gasteiger partial charge in [0.2, 0.25) is 0 Å². The predicted octanol–water partition coefficient (Wildman–Crippen LogP) is 2.43. The summed E-state index contributed by atoms with van der Waals surface area (Å²) in [4.78, 5) is 11.7. The molecule has 6 heteroatoms. The van der Waals surface area contributed by atoms with Crippen molar-refractivity contribution in [2.75, 3.05) is 5.32 Å². The number of aryl methyl sites for hydroxylation is 1. The predicted molar refractivity (Wildman–Crippen MR) is 78.5 cm³/mol. The molecule has 0 aliphatic rings. The molecule has 0 atom stereocenters. The lowest BCUT2D eigenvalue weighted by molar-refractivity contribution is 0.251. The van der Waals surface area contributed by atoms with Crippen LogP contribution in [0.1, 0.15) is 11.1 Å². The average Bonchev–Trinajstić information content (AvgIpc) is 2.42. The van der Waals surface area contributed by atoms with Crippen LogP contribution in [-0.4, -0.2) is 21.4 Å². The van der Waals surface area contributed by atoms with E-state index in [1.165, 1.54) is 0 Å². The van der Waals surface area contributed by atoms with Crippen LogP contribution in [0.25, 0.3) is 0 Å². The zero-order valence-corrected chi connectivity index (χ0v) is 11.4. The number of carbonyl (C=O) groups is 1. The lowest BCUT2D eigenvalue weighted by atomic mass is 10.1. The Morgan fingerprint density at radius 3 is 2.38 bits per heavy atom. The van der Waals surface area contributed by atoms with Crippen molar-refractivity contribution in [2.45, 2.75) is 13.5 Å². The molecule has 0 aromatic heterocycles. The van der Waals surface area contributed by atoms with E-state index < -0.39 is 23.3 Å². The van der Waals surface area contributed by atoms with E-state index in [1.807, 2.05) is 31.2 Å². The maximum atomic E-state index is 11.7. The molecule has 2 aromatic carbocycles. The first-order valence-corrected chi connectivity index (χ1v) is 6.31. The molecule has 0 saturated carbocycles. The van der Waals surface area contributed by atoms with Crippen molar-refractivity contribution in [3.63, 3.8) is 0 Å². The van der Waals surface area contributed by atoms with E-state index in [4.69, 9.17) is 0 Å². The van der Waals surface area contributed by atoms with Gasteiger partial charge in [0.05, 0.1) is 5.69 Å². The molecule has 110 valence electrons. The first kappa shape index (κ1) is 14.5. The SMILES string of the molecule is Cc1cccc(CNC(=O)Nc2cc(O)c(O)c(O)c2)c1. The van der Waals surface area contributed by atoms with Crippen LogP contribution < -0.4 is 10.6 Å². The average molecular weight is 288 g/mol. The third-order valence-corrected chi connectivity index (χ3v) is 2.86. The van der Waals surface area contributed by atoms with Crippen LogP contribution in [0.5, 0.6) is 17.2 Å². The molecule has 2 amide bonds. The van der Waals surface area contributed by atoms with Gasteiger partial charge < -0.3 is 26.0 Å². The van der Waals surface area contributed by atoms with Gasteiger partial charge >= 0.3 is 6.03 Å². The highest BCUT2D eigenvalue weighted by Crippen LogP contribution is 2.37. The fourth-order valence-corrected chi connectivity index (χ4v) is 1.86. The quantitative estimate of drug-likeness (QED) is 0.442. The minimum Gasteiger partial charge on any atom is -0.504 e. The van der Waals surface area contributed by atoms with Crippen molar-refractivity contribution in [3.8, 4) is 17.2 Å². The second kappa shape index (κ2) is 6.04. The number of anilines is 1. The monoisotopic (exact) mass is 288 g/mol. The lowest BCUT2D eigenvalue weighted by Crippen LogP contribution is -2.28. The van der Waals surface area contributed by atoms with E-state index >= 15 is 0 Å². The van der Waals surface area contributed by atoms with E-state index in [0.717, 1.165) is 23.3 Å². The largest absolute Gasteiger partial charge is 0.504 e. The number of benzene rings is 2. The molecule has 0 heterocycles. The summed E-state index contributed by atoms with van der Waals surface area (Å²) < 4.78 is 0. The third-order valence-electron chi connectivity index (χ3n) is 2.86. The fourth-order valence-electron chi connectivity index (χ4n) is 1.86.